The summed E-state index contributed by atoms with van der Waals surface area (Å²) in [5, 5.41) is 0. The van der Waals surface area contributed by atoms with Crippen LogP contribution in [0.4, 0.5) is 0 Å². The molecule has 0 fully saturated rings. The van der Waals surface area contributed by atoms with Gasteiger partial charge >= 0.3 is 43.4 Å². The van der Waals surface area contributed by atoms with Crippen molar-refractivity contribution in [1.82, 2.24) is 0 Å². The van der Waals surface area contributed by atoms with Gasteiger partial charge in [0.25, 0.3) is 0 Å². The molecule has 0 radical (unpaired) electrons. The first-order valence-corrected chi connectivity index (χ1v) is 0. The van der Waals surface area contributed by atoms with Gasteiger partial charge in [-0.25, -0.2) is 0 Å². The van der Waals surface area contributed by atoms with Crippen molar-refractivity contribution in [1.29, 1.82) is 0 Å². The Labute approximate surface area is 78.2 Å². The molecule has 0 heterocycles. The van der Waals surface area contributed by atoms with Crippen LogP contribution >= 0.6 is 0 Å². The Morgan fingerprint density at radius 1 is 0.750 bits per heavy atom. The summed E-state index contributed by atoms with van der Waals surface area (Å²) in [6.07, 6.45) is 0. The molecule has 0 aliphatic carbocycles. The maximum Gasteiger partial charge on any atom is 4.00 e. The van der Waals surface area contributed by atoms with Gasteiger partial charge in [-0.2, -0.15) is 0 Å². The van der Waals surface area contributed by atoms with Crippen LogP contribution in [0.1, 0.15) is 0 Å². The zero-order valence-corrected chi connectivity index (χ0v) is 11.7. The second-order valence-corrected chi connectivity index (χ2v) is 0. The fourth-order valence-electron chi connectivity index (χ4n) is 0. The van der Waals surface area contributed by atoms with E-state index in [9.17, 15) is 0 Å². The first-order valence-electron chi connectivity index (χ1n) is 0. The molecule has 0 aromatic rings. The zero-order valence-electron chi connectivity index (χ0n) is 2.10. The van der Waals surface area contributed by atoms with E-state index in [-0.39, 0.29) is 79.3 Å². The van der Waals surface area contributed by atoms with E-state index in [0.29, 0.717) is 0 Å². The molecule has 4 heteroatoms. The van der Waals surface area contributed by atoms with E-state index in [1.165, 1.54) is 0 Å². The van der Waals surface area contributed by atoms with Gasteiger partial charge in [-0.15, -0.1) is 0 Å². The van der Waals surface area contributed by atoms with E-state index < -0.39 is 0 Å². The fourth-order valence-corrected chi connectivity index (χ4v) is 0. The third kappa shape index (κ3) is 8.82. The standard InChI is InChI=1S/2As.Sn.Zn/q2*-3;+4;+2. The van der Waals surface area contributed by atoms with Gasteiger partial charge in [-0.3, -0.25) is 0 Å². The molecule has 4 heavy (non-hydrogen) atoms. The molecule has 16 valence electrons. The van der Waals surface area contributed by atoms with Crippen LogP contribution in [0.5, 0.6) is 0 Å². The molecule has 0 spiro atoms. The minimum Gasteiger partial charge on any atom is -3.00 e. The van der Waals surface area contributed by atoms with E-state index in [4.69, 9.17) is 0 Å². The third-order valence-corrected chi connectivity index (χ3v) is 0. The fraction of sp³-hybridized carbons (Fsp3) is 0. The minimum absolute atomic E-state index is 0. The topological polar surface area (TPSA) is 0 Å². The Morgan fingerprint density at radius 3 is 0.750 bits per heavy atom. The average Bonchev–Trinajstić information content (AvgIpc) is 0. The summed E-state index contributed by atoms with van der Waals surface area (Å²) in [4.78, 5) is 0. The normalized spacial score (nSPS) is 0. The summed E-state index contributed by atoms with van der Waals surface area (Å²) in [5.41, 5.74) is 0. The maximum atomic E-state index is 0. The van der Waals surface area contributed by atoms with Gasteiger partial charge < -0.3 is 35.9 Å². The van der Waals surface area contributed by atoms with Crippen LogP contribution in [0, 0.1) is 0 Å². The third-order valence-electron chi connectivity index (χ3n) is 0. The van der Waals surface area contributed by atoms with Crippen molar-refractivity contribution in [2.75, 3.05) is 0 Å². The summed E-state index contributed by atoms with van der Waals surface area (Å²) in [6, 6.07) is 0. The summed E-state index contributed by atoms with van der Waals surface area (Å²) < 4.78 is 0. The van der Waals surface area contributed by atoms with Crippen molar-refractivity contribution in [3.05, 3.63) is 0 Å². The van der Waals surface area contributed by atoms with E-state index in [1.54, 1.807) is 0 Å². The first kappa shape index (κ1) is 31.1. The Kier molecular flexibility index (Phi) is 138. The summed E-state index contributed by atoms with van der Waals surface area (Å²) in [5.74, 6) is 0. The van der Waals surface area contributed by atoms with Crippen LogP contribution in [0.25, 0.3) is 0 Å². The monoisotopic (exact) mass is 334 g/mol. The summed E-state index contributed by atoms with van der Waals surface area (Å²) >= 11 is 0. The molecular formula is As2SnZn. The second kappa shape index (κ2) is 17.7. The van der Waals surface area contributed by atoms with Crippen LogP contribution in [-0.4, -0.2) is 59.8 Å². The van der Waals surface area contributed by atoms with Crippen LogP contribution in [-0.2, 0) is 19.5 Å². The van der Waals surface area contributed by atoms with Gasteiger partial charge in [-0.05, 0) is 0 Å². The van der Waals surface area contributed by atoms with Crippen molar-refractivity contribution in [3.8, 4) is 0 Å². The molecule has 0 unspecified atom stereocenters. The van der Waals surface area contributed by atoms with Crippen LogP contribution in [0.2, 0.25) is 0 Å². The van der Waals surface area contributed by atoms with Crippen LogP contribution in [0.15, 0.2) is 0 Å². The molecule has 0 saturated carbocycles. The van der Waals surface area contributed by atoms with Crippen molar-refractivity contribution >= 4 is 59.8 Å². The summed E-state index contributed by atoms with van der Waals surface area (Å²) in [6.45, 7) is 0. The van der Waals surface area contributed by atoms with Crippen LogP contribution in [0.3, 0.4) is 0 Å². The van der Waals surface area contributed by atoms with Crippen molar-refractivity contribution in [2.45, 2.75) is 0 Å². The van der Waals surface area contributed by atoms with Crippen LogP contribution < -0.4 is 0 Å². The van der Waals surface area contributed by atoms with Gasteiger partial charge in [-0.1, -0.05) is 0 Å². The van der Waals surface area contributed by atoms with Gasteiger partial charge in [0.2, 0.25) is 0 Å². The van der Waals surface area contributed by atoms with E-state index in [0.717, 1.165) is 0 Å². The SMILES string of the molecule is [As-3].[As-3].[Sn+4].[Zn+2]. The largest absolute Gasteiger partial charge is 4.00 e. The van der Waals surface area contributed by atoms with Crippen molar-refractivity contribution in [2.24, 2.45) is 0 Å². The Morgan fingerprint density at radius 2 is 0.750 bits per heavy atom. The van der Waals surface area contributed by atoms with E-state index >= 15 is 0 Å². The number of rotatable bonds is 0. The van der Waals surface area contributed by atoms with Gasteiger partial charge in [0.05, 0.1) is 0 Å². The summed E-state index contributed by atoms with van der Waals surface area (Å²) in [7, 11) is 0. The Bertz CT molecular complexity index is 6.00. The van der Waals surface area contributed by atoms with Gasteiger partial charge in [0, 0.05) is 0 Å². The molecule has 0 aliphatic heterocycles. The average molecular weight is 334 g/mol. The zero-order chi connectivity index (χ0) is 0. The molecule has 0 aromatic heterocycles. The van der Waals surface area contributed by atoms with E-state index in [1.807, 2.05) is 0 Å². The van der Waals surface area contributed by atoms with Gasteiger partial charge in [0.15, 0.2) is 0 Å². The second-order valence-electron chi connectivity index (χ2n) is 0. The molecule has 0 rings (SSSR count). The molecule has 0 N–H and O–H groups in total. The minimum atomic E-state index is 0. The molecule has 0 bridgehead atoms. The molecule has 0 amide bonds. The van der Waals surface area contributed by atoms with E-state index in [2.05, 4.69) is 0 Å². The molecule has 0 nitrogen and oxygen atoms in total. The maximum absolute atomic E-state index is 0. The smallest absolute Gasteiger partial charge is 3.00 e. The predicted molar refractivity (Wildman–Crippen MR) is 17.3 cm³/mol. The Balaban J connectivity index is 0. The van der Waals surface area contributed by atoms with Gasteiger partial charge in [0.1, 0.15) is 0 Å². The molecule has 0 aromatic carbocycles. The first-order chi connectivity index (χ1) is 0. The molecule has 0 atom stereocenters. The quantitative estimate of drug-likeness (QED) is 0.491. The Hall–Kier alpha value is 2.54. The molecule has 0 aliphatic rings. The van der Waals surface area contributed by atoms with Crippen molar-refractivity contribution < 1.29 is 19.5 Å². The van der Waals surface area contributed by atoms with Crippen molar-refractivity contribution in [3.63, 3.8) is 0 Å². The molecular weight excluding hydrogens is 334 g/mol. The molecule has 0 saturated heterocycles. The number of hydrogen-bond acceptors (Lipinski definition) is 0. The number of hydrogen-bond donors (Lipinski definition) is 0. The predicted octanol–water partition coefficient (Wildman–Crippen LogP) is -1.14.